The van der Waals surface area contributed by atoms with E-state index >= 15 is 0 Å². The number of aryl methyl sites for hydroxylation is 1. The molecule has 4 aliphatic rings. The average Bonchev–Trinajstić information content (AvgIpc) is 3.98. The van der Waals surface area contributed by atoms with E-state index in [-0.39, 0.29) is 26.0 Å². The van der Waals surface area contributed by atoms with Gasteiger partial charge in [0, 0.05) is 23.9 Å². The number of alkyl carbamates (subject to hydrolysis) is 1. The minimum absolute atomic E-state index is 0.00186. The van der Waals surface area contributed by atoms with Crippen LogP contribution in [0.25, 0.3) is 10.8 Å². The Bertz CT molecular complexity index is 1770. The summed E-state index contributed by atoms with van der Waals surface area (Å²) in [6.07, 6.45) is 6.19. The van der Waals surface area contributed by atoms with Crippen LogP contribution in [0.15, 0.2) is 43.1 Å². The Balaban J connectivity index is 1.32. The van der Waals surface area contributed by atoms with Gasteiger partial charge in [0.1, 0.15) is 23.7 Å². The van der Waals surface area contributed by atoms with Gasteiger partial charge in [0.2, 0.25) is 27.7 Å². The molecule has 3 heterocycles. The summed E-state index contributed by atoms with van der Waals surface area (Å²) in [6.45, 7) is 9.36. The maximum absolute atomic E-state index is 14.4. The van der Waals surface area contributed by atoms with Crippen LogP contribution in [0, 0.1) is 11.3 Å². The van der Waals surface area contributed by atoms with E-state index in [9.17, 15) is 27.6 Å². The molecule has 0 spiro atoms. The van der Waals surface area contributed by atoms with E-state index in [0.717, 1.165) is 35.6 Å². The number of amides is 4. The number of cyclic esters (lactones) is 1. The number of pyridine rings is 1. The number of hydrogen-bond donors (Lipinski definition) is 3. The molecule has 2 aromatic rings. The van der Waals surface area contributed by atoms with Crippen molar-refractivity contribution >= 4 is 44.6 Å². The van der Waals surface area contributed by atoms with Crippen molar-refractivity contribution < 1.29 is 37.1 Å². The quantitative estimate of drug-likeness (QED) is 0.384. The number of ether oxygens (including phenoxy) is 2. The van der Waals surface area contributed by atoms with Gasteiger partial charge in [0.25, 0.3) is 5.91 Å². The molecule has 1 aromatic carbocycles. The summed E-state index contributed by atoms with van der Waals surface area (Å²) in [4.78, 5) is 60.9. The zero-order chi connectivity index (χ0) is 35.1. The van der Waals surface area contributed by atoms with E-state index in [1.807, 2.05) is 24.3 Å². The van der Waals surface area contributed by atoms with Crippen molar-refractivity contribution in [3.05, 3.63) is 48.7 Å². The molecule has 13 nitrogen and oxygen atoms in total. The van der Waals surface area contributed by atoms with E-state index in [1.54, 1.807) is 27.0 Å². The van der Waals surface area contributed by atoms with E-state index < -0.39 is 74.1 Å². The summed E-state index contributed by atoms with van der Waals surface area (Å²) in [7, 11) is -3.88. The largest absolute Gasteiger partial charge is 0.472 e. The summed E-state index contributed by atoms with van der Waals surface area (Å²) in [5.41, 5.74) is -1.24. The number of sulfonamides is 1. The Kier molecular flexibility index (Phi) is 9.38. The van der Waals surface area contributed by atoms with Crippen LogP contribution in [-0.2, 0) is 35.6 Å². The molecule has 3 fully saturated rings. The van der Waals surface area contributed by atoms with Gasteiger partial charge in [-0.1, -0.05) is 45.0 Å². The standard InChI is InChI=1S/C35H45N5O8S/c1-5-22-18-35(22,32(43)39-49(45,46)24-14-15-24)38-29(41)27-17-23-20-40(27)31(42)28(34(2,3)4)37-33(44)47-16-10-6-7-11-21-19-36-30(48-23)26-13-9-8-12-25(21)26/h5,8-9,12-13,19,22-24,27-28H,1,6-7,10-11,14-18,20H2,2-4H3,(H,37,44)(H,38,41)(H,39,43)/t22-,23-,27+,28-,35-/m1/s1. The number of hydrogen-bond acceptors (Lipinski definition) is 9. The van der Waals surface area contributed by atoms with Crippen LogP contribution >= 0.6 is 0 Å². The molecular formula is C35H45N5O8S. The van der Waals surface area contributed by atoms with Gasteiger partial charge in [0.15, 0.2) is 0 Å². The molecule has 4 bridgehead atoms. The zero-order valence-electron chi connectivity index (χ0n) is 28.2. The fourth-order valence-electron chi connectivity index (χ4n) is 6.80. The Labute approximate surface area is 286 Å². The lowest BCUT2D eigenvalue weighted by Gasteiger charge is -2.35. The number of carbonyl (C=O) groups excluding carboxylic acids is 4. The van der Waals surface area contributed by atoms with Crippen molar-refractivity contribution in [1.82, 2.24) is 25.2 Å². The number of nitrogens with one attached hydrogen (secondary N) is 3. The minimum Gasteiger partial charge on any atom is -0.472 e. The molecule has 1 aromatic heterocycles. The number of rotatable bonds is 6. The van der Waals surface area contributed by atoms with Gasteiger partial charge in [-0.3, -0.25) is 19.1 Å². The van der Waals surface area contributed by atoms with Gasteiger partial charge in [0.05, 0.1) is 18.4 Å². The highest BCUT2D eigenvalue weighted by atomic mass is 32.2. The smallest absolute Gasteiger partial charge is 0.407 e. The predicted octanol–water partition coefficient (Wildman–Crippen LogP) is 3.12. The lowest BCUT2D eigenvalue weighted by Crippen LogP contribution is -2.60. The van der Waals surface area contributed by atoms with Crippen LogP contribution in [0.4, 0.5) is 4.79 Å². The average molecular weight is 696 g/mol. The molecule has 3 N–H and O–H groups in total. The third kappa shape index (κ3) is 7.24. The summed E-state index contributed by atoms with van der Waals surface area (Å²) < 4.78 is 39.3. The first-order valence-electron chi connectivity index (χ1n) is 17.0. The van der Waals surface area contributed by atoms with Gasteiger partial charge in [-0.2, -0.15) is 0 Å². The molecule has 49 heavy (non-hydrogen) atoms. The fraction of sp³-hybridized carbons (Fsp3) is 0.571. The maximum atomic E-state index is 14.4. The molecule has 1 saturated heterocycles. The molecule has 2 aliphatic heterocycles. The Morgan fingerprint density at radius 2 is 1.86 bits per heavy atom. The van der Waals surface area contributed by atoms with Crippen LogP contribution in [-0.4, -0.2) is 84.2 Å². The second-order valence-electron chi connectivity index (χ2n) is 14.7. The van der Waals surface area contributed by atoms with Crippen LogP contribution in [0.5, 0.6) is 5.88 Å². The molecule has 0 radical (unpaired) electrons. The van der Waals surface area contributed by atoms with Gasteiger partial charge in [-0.25, -0.2) is 18.2 Å². The number of nitrogens with zero attached hydrogens (tertiary/aromatic N) is 2. The highest BCUT2D eigenvalue weighted by Gasteiger charge is 2.62. The number of carbonyl (C=O) groups is 4. The Morgan fingerprint density at radius 3 is 2.53 bits per heavy atom. The van der Waals surface area contributed by atoms with Gasteiger partial charge in [-0.05, 0) is 67.4 Å². The minimum atomic E-state index is -3.88. The van der Waals surface area contributed by atoms with E-state index in [4.69, 9.17) is 9.47 Å². The van der Waals surface area contributed by atoms with Crippen molar-refractivity contribution in [2.24, 2.45) is 11.3 Å². The van der Waals surface area contributed by atoms with Crippen LogP contribution in [0.3, 0.4) is 0 Å². The van der Waals surface area contributed by atoms with Crippen LogP contribution in [0.1, 0.15) is 71.3 Å². The topological polar surface area (TPSA) is 173 Å². The van der Waals surface area contributed by atoms with E-state index in [1.165, 1.54) is 11.0 Å². The van der Waals surface area contributed by atoms with Crippen molar-refractivity contribution in [1.29, 1.82) is 0 Å². The monoisotopic (exact) mass is 695 g/mol. The highest BCUT2D eigenvalue weighted by molar-refractivity contribution is 7.91. The lowest BCUT2D eigenvalue weighted by atomic mass is 9.85. The molecule has 4 amide bonds. The number of fused-ring (bicyclic) bond motifs is 8. The third-order valence-electron chi connectivity index (χ3n) is 9.92. The fourth-order valence-corrected chi connectivity index (χ4v) is 8.17. The summed E-state index contributed by atoms with van der Waals surface area (Å²) in [5.74, 6) is -2.11. The van der Waals surface area contributed by atoms with Crippen LogP contribution < -0.4 is 20.1 Å². The molecule has 6 rings (SSSR count). The third-order valence-corrected chi connectivity index (χ3v) is 11.7. The van der Waals surface area contributed by atoms with Gasteiger partial charge in [-0.15, -0.1) is 6.58 Å². The molecule has 2 saturated carbocycles. The Hall–Kier alpha value is -4.20. The maximum Gasteiger partial charge on any atom is 0.407 e. The second-order valence-corrected chi connectivity index (χ2v) is 16.6. The summed E-state index contributed by atoms with van der Waals surface area (Å²) in [6, 6.07) is 5.63. The first kappa shape index (κ1) is 34.7. The number of benzene rings is 1. The summed E-state index contributed by atoms with van der Waals surface area (Å²) in [5, 5.41) is 6.71. The SMILES string of the molecule is C=C[C@@H]1C[C@]1(NC(=O)[C@@H]1C[C@@H]2CN1C(=O)[C@H](C(C)(C)C)NC(=O)OCCCCCc1cnc(c3ccccc13)O2)C(=O)NS(=O)(=O)C1CC1. The Morgan fingerprint density at radius 1 is 1.12 bits per heavy atom. The first-order chi connectivity index (χ1) is 23.2. The first-order valence-corrected chi connectivity index (χ1v) is 18.6. The van der Waals surface area contributed by atoms with Crippen molar-refractivity contribution in [3.63, 3.8) is 0 Å². The molecule has 0 unspecified atom stereocenters. The van der Waals surface area contributed by atoms with Crippen LogP contribution in [0.2, 0.25) is 0 Å². The van der Waals surface area contributed by atoms with Crippen molar-refractivity contribution in [2.75, 3.05) is 13.2 Å². The normalized spacial score (nSPS) is 28.0. The highest BCUT2D eigenvalue weighted by Crippen LogP contribution is 2.45. The molecule has 264 valence electrons. The van der Waals surface area contributed by atoms with Crippen molar-refractivity contribution in [2.45, 2.75) is 101 Å². The van der Waals surface area contributed by atoms with Crippen molar-refractivity contribution in [3.8, 4) is 5.88 Å². The molecule has 5 atom stereocenters. The molecular weight excluding hydrogens is 650 g/mol. The van der Waals surface area contributed by atoms with E-state index in [2.05, 4.69) is 26.9 Å². The van der Waals surface area contributed by atoms with E-state index in [0.29, 0.717) is 25.1 Å². The lowest BCUT2D eigenvalue weighted by molar-refractivity contribution is -0.142. The zero-order valence-corrected chi connectivity index (χ0v) is 29.0. The van der Waals surface area contributed by atoms with Gasteiger partial charge < -0.3 is 25.0 Å². The second kappa shape index (κ2) is 13.3. The number of aromatic nitrogens is 1. The summed E-state index contributed by atoms with van der Waals surface area (Å²) >= 11 is 0. The molecule has 14 heteroatoms. The van der Waals surface area contributed by atoms with Gasteiger partial charge >= 0.3 is 6.09 Å². The predicted molar refractivity (Wildman–Crippen MR) is 181 cm³/mol. The molecule has 2 aliphatic carbocycles.